The molecule has 0 aliphatic carbocycles. The van der Waals surface area contributed by atoms with Gasteiger partial charge < -0.3 is 0 Å². The number of hydrogen-bond donors (Lipinski definition) is 0. The summed E-state index contributed by atoms with van der Waals surface area (Å²) in [7, 11) is 0. The number of alkyl halides is 3. The second kappa shape index (κ2) is 4.59. The molecule has 1 unspecified atom stereocenters. The highest BCUT2D eigenvalue weighted by molar-refractivity contribution is 4.58. The SMILES string of the molecule is CCCC([O])CCC(F)(F)F. The zero-order valence-corrected chi connectivity index (χ0v) is 6.45. The molecule has 67 valence electrons. The van der Waals surface area contributed by atoms with E-state index in [0.717, 1.165) is 0 Å². The first-order valence-electron chi connectivity index (χ1n) is 3.68. The monoisotopic (exact) mass is 169 g/mol. The van der Waals surface area contributed by atoms with Crippen LogP contribution in [0.1, 0.15) is 32.6 Å². The Hall–Kier alpha value is -0.250. The molecule has 0 bridgehead atoms. The molecule has 1 radical (unpaired) electrons. The van der Waals surface area contributed by atoms with E-state index in [4.69, 9.17) is 0 Å². The Morgan fingerprint density at radius 1 is 1.27 bits per heavy atom. The van der Waals surface area contributed by atoms with E-state index in [0.29, 0.717) is 12.8 Å². The van der Waals surface area contributed by atoms with E-state index in [1.807, 2.05) is 0 Å². The van der Waals surface area contributed by atoms with Gasteiger partial charge in [0, 0.05) is 6.42 Å². The molecular formula is C7H12F3O. The van der Waals surface area contributed by atoms with Crippen LogP contribution < -0.4 is 0 Å². The lowest BCUT2D eigenvalue weighted by atomic mass is 10.1. The third-order valence-electron chi connectivity index (χ3n) is 1.36. The second-order valence-electron chi connectivity index (χ2n) is 2.56. The van der Waals surface area contributed by atoms with Crippen LogP contribution in [0.3, 0.4) is 0 Å². The van der Waals surface area contributed by atoms with Gasteiger partial charge in [0.2, 0.25) is 0 Å². The fourth-order valence-electron chi connectivity index (χ4n) is 0.791. The average molecular weight is 169 g/mol. The molecule has 0 aromatic carbocycles. The average Bonchev–Trinajstić information content (AvgIpc) is 1.83. The molecule has 0 aliphatic rings. The van der Waals surface area contributed by atoms with Crippen molar-refractivity contribution in [1.82, 2.24) is 0 Å². The van der Waals surface area contributed by atoms with Crippen molar-refractivity contribution in [2.75, 3.05) is 0 Å². The van der Waals surface area contributed by atoms with Crippen LogP contribution >= 0.6 is 0 Å². The Bertz CT molecular complexity index is 100. The van der Waals surface area contributed by atoms with E-state index in [9.17, 15) is 18.3 Å². The Balaban J connectivity index is 3.38. The fourth-order valence-corrected chi connectivity index (χ4v) is 0.791. The van der Waals surface area contributed by atoms with Crippen LogP contribution in [-0.4, -0.2) is 12.3 Å². The minimum Gasteiger partial charge on any atom is -0.233 e. The van der Waals surface area contributed by atoms with Crippen LogP contribution in [0.2, 0.25) is 0 Å². The Morgan fingerprint density at radius 3 is 2.18 bits per heavy atom. The van der Waals surface area contributed by atoms with Gasteiger partial charge in [-0.05, 0) is 12.8 Å². The van der Waals surface area contributed by atoms with Crippen molar-refractivity contribution in [3.8, 4) is 0 Å². The Morgan fingerprint density at radius 2 is 1.82 bits per heavy atom. The normalized spacial score (nSPS) is 15.0. The van der Waals surface area contributed by atoms with E-state index in [2.05, 4.69) is 0 Å². The Labute approximate surface area is 64.2 Å². The van der Waals surface area contributed by atoms with Gasteiger partial charge >= 0.3 is 6.18 Å². The highest BCUT2D eigenvalue weighted by atomic mass is 19.4. The van der Waals surface area contributed by atoms with Crippen molar-refractivity contribution in [2.24, 2.45) is 0 Å². The van der Waals surface area contributed by atoms with E-state index >= 15 is 0 Å². The zero-order chi connectivity index (χ0) is 8.91. The fraction of sp³-hybridized carbons (Fsp3) is 1.00. The molecule has 0 saturated carbocycles. The first-order valence-corrected chi connectivity index (χ1v) is 3.68. The van der Waals surface area contributed by atoms with E-state index in [-0.39, 0.29) is 6.42 Å². The topological polar surface area (TPSA) is 19.9 Å². The standard InChI is InChI=1S/C7H12F3O/c1-2-3-6(11)4-5-7(8,9)10/h6H,2-5H2,1H3. The summed E-state index contributed by atoms with van der Waals surface area (Å²) in [5, 5.41) is 10.7. The molecule has 0 aliphatic heterocycles. The summed E-state index contributed by atoms with van der Waals surface area (Å²) in [4.78, 5) is 0. The molecule has 11 heavy (non-hydrogen) atoms. The van der Waals surface area contributed by atoms with Gasteiger partial charge in [-0.15, -0.1) is 0 Å². The second-order valence-corrected chi connectivity index (χ2v) is 2.56. The first kappa shape index (κ1) is 10.8. The maximum atomic E-state index is 11.5. The van der Waals surface area contributed by atoms with Gasteiger partial charge in [0.25, 0.3) is 0 Å². The quantitative estimate of drug-likeness (QED) is 0.616. The summed E-state index contributed by atoms with van der Waals surface area (Å²) >= 11 is 0. The molecule has 0 N–H and O–H groups in total. The largest absolute Gasteiger partial charge is 0.389 e. The maximum absolute atomic E-state index is 11.5. The lowest BCUT2D eigenvalue weighted by Crippen LogP contribution is -2.12. The van der Waals surface area contributed by atoms with Crippen molar-refractivity contribution in [3.63, 3.8) is 0 Å². The number of hydrogen-bond acceptors (Lipinski definition) is 0. The van der Waals surface area contributed by atoms with Crippen LogP contribution in [0.5, 0.6) is 0 Å². The van der Waals surface area contributed by atoms with Gasteiger partial charge in [0.1, 0.15) is 0 Å². The van der Waals surface area contributed by atoms with Crippen LogP contribution in [0.4, 0.5) is 13.2 Å². The van der Waals surface area contributed by atoms with E-state index in [1.54, 1.807) is 6.92 Å². The summed E-state index contributed by atoms with van der Waals surface area (Å²) in [6, 6.07) is 0. The molecule has 0 aromatic heterocycles. The van der Waals surface area contributed by atoms with Gasteiger partial charge in [-0.2, -0.15) is 13.2 Å². The van der Waals surface area contributed by atoms with Crippen molar-refractivity contribution < 1.29 is 18.3 Å². The summed E-state index contributed by atoms with van der Waals surface area (Å²) in [6.07, 6.45) is -5.43. The lowest BCUT2D eigenvalue weighted by molar-refractivity contribution is -0.142. The molecule has 0 rings (SSSR count). The zero-order valence-electron chi connectivity index (χ0n) is 6.45. The summed E-state index contributed by atoms with van der Waals surface area (Å²) in [5.74, 6) is 0. The number of halogens is 3. The highest BCUT2D eigenvalue weighted by Crippen LogP contribution is 2.23. The van der Waals surface area contributed by atoms with Gasteiger partial charge in [0.05, 0.1) is 6.10 Å². The minimum atomic E-state index is -4.17. The van der Waals surface area contributed by atoms with Gasteiger partial charge in [0.15, 0.2) is 0 Å². The molecule has 0 fully saturated rings. The number of rotatable bonds is 4. The molecule has 0 spiro atoms. The highest BCUT2D eigenvalue weighted by Gasteiger charge is 2.27. The molecule has 1 nitrogen and oxygen atoms in total. The Kier molecular flexibility index (Phi) is 4.49. The van der Waals surface area contributed by atoms with Crippen molar-refractivity contribution >= 4 is 0 Å². The molecule has 4 heteroatoms. The molecular weight excluding hydrogens is 157 g/mol. The smallest absolute Gasteiger partial charge is 0.233 e. The third-order valence-corrected chi connectivity index (χ3v) is 1.36. The van der Waals surface area contributed by atoms with Crippen LogP contribution in [-0.2, 0) is 5.11 Å². The van der Waals surface area contributed by atoms with Crippen LogP contribution in [0, 0.1) is 0 Å². The maximum Gasteiger partial charge on any atom is 0.389 e. The summed E-state index contributed by atoms with van der Waals surface area (Å²) in [6.45, 7) is 1.79. The van der Waals surface area contributed by atoms with Crippen molar-refractivity contribution in [3.05, 3.63) is 0 Å². The van der Waals surface area contributed by atoms with E-state index in [1.165, 1.54) is 0 Å². The van der Waals surface area contributed by atoms with Gasteiger partial charge in [-0.25, -0.2) is 5.11 Å². The van der Waals surface area contributed by atoms with Crippen molar-refractivity contribution in [2.45, 2.75) is 44.9 Å². The molecule has 1 atom stereocenters. The predicted molar refractivity (Wildman–Crippen MR) is 34.7 cm³/mol. The molecule has 0 saturated heterocycles. The third kappa shape index (κ3) is 7.65. The van der Waals surface area contributed by atoms with E-state index < -0.39 is 18.7 Å². The summed E-state index contributed by atoms with van der Waals surface area (Å²) < 4.78 is 34.6. The molecule has 0 heterocycles. The minimum absolute atomic E-state index is 0.280. The predicted octanol–water partition coefficient (Wildman–Crippen LogP) is 2.93. The molecule has 0 aromatic rings. The van der Waals surface area contributed by atoms with Gasteiger partial charge in [-0.1, -0.05) is 13.3 Å². The van der Waals surface area contributed by atoms with Gasteiger partial charge in [-0.3, -0.25) is 0 Å². The molecule has 0 amide bonds. The first-order chi connectivity index (χ1) is 4.95. The van der Waals surface area contributed by atoms with Crippen LogP contribution in [0.15, 0.2) is 0 Å². The lowest BCUT2D eigenvalue weighted by Gasteiger charge is -2.08. The summed E-state index contributed by atoms with van der Waals surface area (Å²) in [5.41, 5.74) is 0. The van der Waals surface area contributed by atoms with Crippen molar-refractivity contribution in [1.29, 1.82) is 0 Å². The van der Waals surface area contributed by atoms with Crippen LogP contribution in [0.25, 0.3) is 0 Å².